The highest BCUT2D eigenvalue weighted by Crippen LogP contribution is 2.39. The Morgan fingerprint density at radius 3 is 2.24 bits per heavy atom. The lowest BCUT2D eigenvalue weighted by molar-refractivity contribution is -0.0419. The molecule has 25 heavy (non-hydrogen) atoms. The first-order valence-electron chi connectivity index (χ1n) is 9.61. The van der Waals surface area contributed by atoms with Crippen molar-refractivity contribution in [2.24, 2.45) is 0 Å². The molecular weight excluding hydrogens is 312 g/mol. The van der Waals surface area contributed by atoms with Crippen molar-refractivity contribution in [1.29, 1.82) is 0 Å². The van der Waals surface area contributed by atoms with Gasteiger partial charge in [-0.3, -0.25) is 9.69 Å². The quantitative estimate of drug-likeness (QED) is 0.767. The summed E-state index contributed by atoms with van der Waals surface area (Å²) in [7, 11) is 2.21. The SMILES string of the molecule is CCCCN(C(=O)c1cc(C)oc1C)C1CC(C)(C)N(C)C(C)(C)C1. The topological polar surface area (TPSA) is 36.7 Å². The number of carbonyl (C=O) groups excluding carboxylic acids is 1. The van der Waals surface area contributed by atoms with Crippen LogP contribution in [0, 0.1) is 13.8 Å². The maximum absolute atomic E-state index is 13.3. The van der Waals surface area contributed by atoms with Gasteiger partial charge in [-0.2, -0.15) is 0 Å². The molecule has 0 N–H and O–H groups in total. The molecular formula is C21H36N2O2. The highest BCUT2D eigenvalue weighted by molar-refractivity contribution is 5.95. The van der Waals surface area contributed by atoms with Gasteiger partial charge in [0.15, 0.2) is 0 Å². The van der Waals surface area contributed by atoms with Crippen molar-refractivity contribution in [3.63, 3.8) is 0 Å². The van der Waals surface area contributed by atoms with E-state index in [-0.39, 0.29) is 23.0 Å². The molecule has 1 amide bonds. The lowest BCUT2D eigenvalue weighted by Gasteiger charge is -2.55. The van der Waals surface area contributed by atoms with Crippen LogP contribution in [-0.4, -0.2) is 46.4 Å². The zero-order chi connectivity index (χ0) is 19.0. The largest absolute Gasteiger partial charge is 0.466 e. The van der Waals surface area contributed by atoms with Crippen LogP contribution in [0.25, 0.3) is 0 Å². The van der Waals surface area contributed by atoms with Crippen LogP contribution in [0.4, 0.5) is 0 Å². The third-order valence-corrected chi connectivity index (χ3v) is 6.01. The van der Waals surface area contributed by atoms with Crippen LogP contribution in [-0.2, 0) is 0 Å². The average molecular weight is 349 g/mol. The predicted octanol–water partition coefficient (Wildman–Crippen LogP) is 4.79. The van der Waals surface area contributed by atoms with Gasteiger partial charge in [0.1, 0.15) is 11.5 Å². The third kappa shape index (κ3) is 4.11. The van der Waals surface area contributed by atoms with Gasteiger partial charge >= 0.3 is 0 Å². The van der Waals surface area contributed by atoms with E-state index < -0.39 is 0 Å². The van der Waals surface area contributed by atoms with Crippen LogP contribution in [0.2, 0.25) is 0 Å². The van der Waals surface area contributed by atoms with Gasteiger partial charge in [-0.15, -0.1) is 0 Å². The second-order valence-corrected chi connectivity index (χ2v) is 8.92. The summed E-state index contributed by atoms with van der Waals surface area (Å²) in [6.07, 6.45) is 4.12. The van der Waals surface area contributed by atoms with Crippen molar-refractivity contribution >= 4 is 5.91 Å². The number of likely N-dealkylation sites (tertiary alicyclic amines) is 1. The molecule has 2 rings (SSSR count). The van der Waals surface area contributed by atoms with Gasteiger partial charge in [-0.25, -0.2) is 0 Å². The van der Waals surface area contributed by atoms with Crippen LogP contribution in [0.15, 0.2) is 10.5 Å². The van der Waals surface area contributed by atoms with Crippen LogP contribution >= 0.6 is 0 Å². The third-order valence-electron chi connectivity index (χ3n) is 6.01. The molecule has 0 radical (unpaired) electrons. The Kier molecular flexibility index (Phi) is 5.72. The minimum atomic E-state index is 0.0680. The highest BCUT2D eigenvalue weighted by atomic mass is 16.3. The molecule has 1 aliphatic rings. The van der Waals surface area contributed by atoms with E-state index in [4.69, 9.17) is 4.42 Å². The number of amides is 1. The van der Waals surface area contributed by atoms with E-state index in [1.54, 1.807) is 0 Å². The fourth-order valence-corrected chi connectivity index (χ4v) is 4.32. The monoisotopic (exact) mass is 348 g/mol. The first-order valence-corrected chi connectivity index (χ1v) is 9.61. The standard InChI is InChI=1S/C21H36N2O2/c1-9-10-11-23(19(24)18-12-15(2)25-16(18)3)17-13-20(4,5)22(8)21(6,7)14-17/h12,17H,9-11,13-14H2,1-8H3. The van der Waals surface area contributed by atoms with Crippen molar-refractivity contribution in [3.05, 3.63) is 23.2 Å². The van der Waals surface area contributed by atoms with E-state index in [9.17, 15) is 4.79 Å². The van der Waals surface area contributed by atoms with Crippen molar-refractivity contribution in [1.82, 2.24) is 9.80 Å². The summed E-state index contributed by atoms with van der Waals surface area (Å²) in [5.41, 5.74) is 0.861. The summed E-state index contributed by atoms with van der Waals surface area (Å²) in [6, 6.07) is 2.15. The molecule has 1 saturated heterocycles. The number of piperidine rings is 1. The van der Waals surface area contributed by atoms with Gasteiger partial charge in [0.05, 0.1) is 5.56 Å². The molecule has 0 aromatic carbocycles. The lowest BCUT2D eigenvalue weighted by atomic mass is 9.76. The Bertz CT molecular complexity index is 597. The molecule has 0 saturated carbocycles. The second kappa shape index (κ2) is 7.14. The molecule has 2 heterocycles. The summed E-state index contributed by atoms with van der Waals surface area (Å²) < 4.78 is 5.62. The first-order chi connectivity index (χ1) is 11.5. The van der Waals surface area contributed by atoms with Crippen LogP contribution < -0.4 is 0 Å². The maximum Gasteiger partial charge on any atom is 0.257 e. The number of furan rings is 1. The fraction of sp³-hybridized carbons (Fsp3) is 0.762. The molecule has 0 unspecified atom stereocenters. The van der Waals surface area contributed by atoms with Crippen molar-refractivity contribution in [2.45, 2.75) is 91.3 Å². The Labute approximate surface area is 153 Å². The molecule has 1 aliphatic heterocycles. The van der Waals surface area contributed by atoms with Crippen molar-refractivity contribution < 1.29 is 9.21 Å². The van der Waals surface area contributed by atoms with E-state index in [2.05, 4.69) is 51.5 Å². The summed E-state index contributed by atoms with van der Waals surface area (Å²) in [4.78, 5) is 17.9. The number of hydrogen-bond donors (Lipinski definition) is 0. The summed E-state index contributed by atoms with van der Waals surface area (Å²) in [5, 5.41) is 0. The van der Waals surface area contributed by atoms with E-state index in [0.717, 1.165) is 49.3 Å². The molecule has 0 spiro atoms. The molecule has 1 aromatic heterocycles. The smallest absolute Gasteiger partial charge is 0.257 e. The number of rotatable bonds is 5. The van der Waals surface area contributed by atoms with E-state index in [1.807, 2.05) is 19.9 Å². The molecule has 0 bridgehead atoms. The Morgan fingerprint density at radius 2 is 1.80 bits per heavy atom. The van der Waals surface area contributed by atoms with E-state index in [0.29, 0.717) is 0 Å². The molecule has 1 aromatic rings. The number of unbranched alkanes of at least 4 members (excludes halogenated alkanes) is 1. The predicted molar refractivity (Wildman–Crippen MR) is 103 cm³/mol. The van der Waals surface area contributed by atoms with Crippen molar-refractivity contribution in [2.75, 3.05) is 13.6 Å². The molecule has 4 nitrogen and oxygen atoms in total. The van der Waals surface area contributed by atoms with Gasteiger partial charge in [-0.05, 0) is 73.9 Å². The Hall–Kier alpha value is -1.29. The van der Waals surface area contributed by atoms with Gasteiger partial charge in [0, 0.05) is 23.7 Å². The number of carbonyl (C=O) groups is 1. The van der Waals surface area contributed by atoms with Crippen LogP contribution in [0.3, 0.4) is 0 Å². The van der Waals surface area contributed by atoms with Crippen LogP contribution in [0.5, 0.6) is 0 Å². The van der Waals surface area contributed by atoms with Gasteiger partial charge in [0.25, 0.3) is 5.91 Å². The van der Waals surface area contributed by atoms with Crippen LogP contribution in [0.1, 0.15) is 82.2 Å². The molecule has 4 heteroatoms. The minimum Gasteiger partial charge on any atom is -0.466 e. The summed E-state index contributed by atoms with van der Waals surface area (Å²) >= 11 is 0. The zero-order valence-electron chi connectivity index (χ0n) is 17.4. The second-order valence-electron chi connectivity index (χ2n) is 8.92. The van der Waals surface area contributed by atoms with E-state index >= 15 is 0 Å². The van der Waals surface area contributed by atoms with Gasteiger partial charge in [0.2, 0.25) is 0 Å². The fourth-order valence-electron chi connectivity index (χ4n) is 4.32. The van der Waals surface area contributed by atoms with E-state index in [1.165, 1.54) is 0 Å². The highest BCUT2D eigenvalue weighted by Gasteiger charge is 2.45. The summed E-state index contributed by atoms with van der Waals surface area (Å²) in [6.45, 7) is 15.9. The number of hydrogen-bond acceptors (Lipinski definition) is 3. The van der Waals surface area contributed by atoms with Gasteiger partial charge in [-0.1, -0.05) is 13.3 Å². The molecule has 142 valence electrons. The molecule has 0 aliphatic carbocycles. The molecule has 0 atom stereocenters. The average Bonchev–Trinajstić information content (AvgIpc) is 2.83. The first kappa shape index (κ1) is 20.0. The zero-order valence-corrected chi connectivity index (χ0v) is 17.4. The van der Waals surface area contributed by atoms with Gasteiger partial charge < -0.3 is 9.32 Å². The Balaban J connectivity index is 2.33. The Morgan fingerprint density at radius 1 is 1.24 bits per heavy atom. The molecule has 1 fully saturated rings. The summed E-state index contributed by atoms with van der Waals surface area (Å²) in [5.74, 6) is 1.67. The maximum atomic E-state index is 13.3. The van der Waals surface area contributed by atoms with Crippen molar-refractivity contribution in [3.8, 4) is 0 Å². The number of aryl methyl sites for hydroxylation is 2. The minimum absolute atomic E-state index is 0.0680. The lowest BCUT2D eigenvalue weighted by Crippen LogP contribution is -2.63. The normalized spacial score (nSPS) is 20.6. The number of nitrogens with zero attached hydrogens (tertiary/aromatic N) is 2.